The van der Waals surface area contributed by atoms with Crippen molar-refractivity contribution in [2.24, 2.45) is 5.41 Å². The van der Waals surface area contributed by atoms with E-state index in [2.05, 4.69) is 10.6 Å². The fourth-order valence-corrected chi connectivity index (χ4v) is 2.12. The molecule has 0 aliphatic heterocycles. The third-order valence-electron chi connectivity index (χ3n) is 3.93. The average Bonchev–Trinajstić information content (AvgIpc) is 2.62. The smallest absolute Gasteiger partial charge is 0.239 e. The number of nitrogens with one attached hydrogen (secondary N) is 2. The van der Waals surface area contributed by atoms with Gasteiger partial charge in [0, 0.05) is 16.9 Å². The first kappa shape index (κ1) is 18.9. The van der Waals surface area contributed by atoms with Crippen molar-refractivity contribution in [1.82, 2.24) is 0 Å². The van der Waals surface area contributed by atoms with Gasteiger partial charge in [-0.1, -0.05) is 12.1 Å². The number of benzene rings is 2. The van der Waals surface area contributed by atoms with Crippen molar-refractivity contribution in [3.8, 4) is 6.07 Å². The molecule has 0 saturated heterocycles. The maximum Gasteiger partial charge on any atom is 0.239 e. The van der Waals surface area contributed by atoms with E-state index in [0.717, 1.165) is 0 Å². The minimum absolute atomic E-state index is 0.112. The summed E-state index contributed by atoms with van der Waals surface area (Å²) >= 11 is 0. The van der Waals surface area contributed by atoms with E-state index in [9.17, 15) is 14.4 Å². The largest absolute Gasteiger partial charge is 0.325 e. The van der Waals surface area contributed by atoms with E-state index < -0.39 is 17.2 Å². The first-order valence-corrected chi connectivity index (χ1v) is 7.98. The van der Waals surface area contributed by atoms with E-state index in [1.54, 1.807) is 48.5 Å². The summed E-state index contributed by atoms with van der Waals surface area (Å²) in [4.78, 5) is 36.5. The SMILES string of the molecule is CC(=O)c1cccc(NC(=O)C(C)(C)C(=O)Nc2ccc(C#N)cc2)c1. The molecule has 0 aliphatic rings. The molecule has 0 saturated carbocycles. The highest BCUT2D eigenvalue weighted by Crippen LogP contribution is 2.22. The summed E-state index contributed by atoms with van der Waals surface area (Å²) in [6.07, 6.45) is 0. The van der Waals surface area contributed by atoms with Gasteiger partial charge in [-0.2, -0.15) is 5.26 Å². The Morgan fingerprint density at radius 3 is 2.04 bits per heavy atom. The number of nitriles is 1. The first-order chi connectivity index (χ1) is 12.2. The number of anilines is 2. The number of carbonyl (C=O) groups excluding carboxylic acids is 3. The number of amides is 2. The summed E-state index contributed by atoms with van der Waals surface area (Å²) in [5.41, 5.74) is 0.545. The maximum atomic E-state index is 12.5. The van der Waals surface area contributed by atoms with Crippen molar-refractivity contribution in [3.05, 3.63) is 59.7 Å². The summed E-state index contributed by atoms with van der Waals surface area (Å²) in [6, 6.07) is 14.9. The van der Waals surface area contributed by atoms with Gasteiger partial charge in [0.15, 0.2) is 5.78 Å². The Balaban J connectivity index is 2.10. The van der Waals surface area contributed by atoms with Crippen LogP contribution in [0.4, 0.5) is 11.4 Å². The van der Waals surface area contributed by atoms with Gasteiger partial charge in [0.05, 0.1) is 11.6 Å². The molecule has 0 bridgehead atoms. The van der Waals surface area contributed by atoms with Crippen LogP contribution in [0.2, 0.25) is 0 Å². The van der Waals surface area contributed by atoms with Gasteiger partial charge in [-0.3, -0.25) is 14.4 Å². The van der Waals surface area contributed by atoms with Crippen LogP contribution in [0.3, 0.4) is 0 Å². The van der Waals surface area contributed by atoms with Gasteiger partial charge < -0.3 is 10.6 Å². The normalized spacial score (nSPS) is 10.5. The van der Waals surface area contributed by atoms with Crippen LogP contribution in [-0.2, 0) is 9.59 Å². The second-order valence-corrected chi connectivity index (χ2v) is 6.36. The van der Waals surface area contributed by atoms with Crippen LogP contribution in [0.15, 0.2) is 48.5 Å². The Hall–Kier alpha value is -3.46. The van der Waals surface area contributed by atoms with E-state index >= 15 is 0 Å². The van der Waals surface area contributed by atoms with Gasteiger partial charge in [0.25, 0.3) is 0 Å². The van der Waals surface area contributed by atoms with E-state index in [4.69, 9.17) is 5.26 Å². The average molecular weight is 349 g/mol. The van der Waals surface area contributed by atoms with E-state index in [1.165, 1.54) is 20.8 Å². The van der Waals surface area contributed by atoms with E-state index in [-0.39, 0.29) is 5.78 Å². The monoisotopic (exact) mass is 349 g/mol. The summed E-state index contributed by atoms with van der Waals surface area (Å²) < 4.78 is 0. The molecule has 0 fully saturated rings. The predicted molar refractivity (Wildman–Crippen MR) is 98.6 cm³/mol. The van der Waals surface area contributed by atoms with Crippen LogP contribution in [0, 0.1) is 16.7 Å². The molecule has 0 spiro atoms. The molecule has 0 radical (unpaired) electrons. The minimum Gasteiger partial charge on any atom is -0.325 e. The number of nitrogens with zero attached hydrogens (tertiary/aromatic N) is 1. The zero-order valence-corrected chi connectivity index (χ0v) is 14.8. The quantitative estimate of drug-likeness (QED) is 0.638. The van der Waals surface area contributed by atoms with Crippen molar-refractivity contribution >= 4 is 29.0 Å². The predicted octanol–water partition coefficient (Wildman–Crippen LogP) is 3.36. The Morgan fingerprint density at radius 2 is 1.50 bits per heavy atom. The second kappa shape index (κ2) is 7.62. The van der Waals surface area contributed by atoms with Crippen LogP contribution in [-0.4, -0.2) is 17.6 Å². The van der Waals surface area contributed by atoms with Crippen molar-refractivity contribution in [2.75, 3.05) is 10.6 Å². The molecule has 0 unspecified atom stereocenters. The third kappa shape index (κ3) is 4.33. The molecule has 132 valence electrons. The molecule has 26 heavy (non-hydrogen) atoms. The third-order valence-corrected chi connectivity index (χ3v) is 3.93. The molecule has 2 aromatic carbocycles. The molecule has 6 nitrogen and oxygen atoms in total. The van der Waals surface area contributed by atoms with Gasteiger partial charge in [-0.05, 0) is 57.2 Å². The van der Waals surface area contributed by atoms with Crippen molar-refractivity contribution < 1.29 is 14.4 Å². The molecular weight excluding hydrogens is 330 g/mol. The molecule has 2 aromatic rings. The highest BCUT2D eigenvalue weighted by molar-refractivity contribution is 6.14. The fraction of sp³-hybridized carbons (Fsp3) is 0.200. The molecule has 6 heteroatoms. The van der Waals surface area contributed by atoms with Crippen LogP contribution in [0.5, 0.6) is 0 Å². The number of Topliss-reactive ketones (excluding diaryl/α,β-unsaturated/α-hetero) is 1. The van der Waals surface area contributed by atoms with Gasteiger partial charge in [0.2, 0.25) is 11.8 Å². The molecule has 2 rings (SSSR count). The zero-order valence-electron chi connectivity index (χ0n) is 14.8. The lowest BCUT2D eigenvalue weighted by molar-refractivity contribution is -0.135. The Morgan fingerprint density at radius 1 is 0.923 bits per heavy atom. The summed E-state index contributed by atoms with van der Waals surface area (Å²) in [5.74, 6) is -1.09. The molecule has 0 heterocycles. The van der Waals surface area contributed by atoms with Crippen molar-refractivity contribution in [3.63, 3.8) is 0 Å². The second-order valence-electron chi connectivity index (χ2n) is 6.36. The van der Waals surface area contributed by atoms with E-state index in [0.29, 0.717) is 22.5 Å². The molecular formula is C20H19N3O3. The van der Waals surface area contributed by atoms with Crippen LogP contribution in [0.1, 0.15) is 36.7 Å². The zero-order chi connectivity index (χ0) is 19.3. The number of hydrogen-bond donors (Lipinski definition) is 2. The standard InChI is InChI=1S/C20H19N3O3/c1-13(24)15-5-4-6-17(11-15)23-19(26)20(2,3)18(25)22-16-9-7-14(12-21)8-10-16/h4-11H,1-3H3,(H,22,25)(H,23,26). The van der Waals surface area contributed by atoms with Crippen LogP contribution in [0.25, 0.3) is 0 Å². The highest BCUT2D eigenvalue weighted by Gasteiger charge is 2.36. The number of hydrogen-bond acceptors (Lipinski definition) is 4. The number of ketones is 1. The highest BCUT2D eigenvalue weighted by atomic mass is 16.2. The molecule has 0 atom stereocenters. The topological polar surface area (TPSA) is 99.1 Å². The lowest BCUT2D eigenvalue weighted by Crippen LogP contribution is -2.41. The lowest BCUT2D eigenvalue weighted by Gasteiger charge is -2.23. The minimum atomic E-state index is -1.35. The molecule has 0 aromatic heterocycles. The van der Waals surface area contributed by atoms with E-state index in [1.807, 2.05) is 6.07 Å². The summed E-state index contributed by atoms with van der Waals surface area (Å²) in [7, 11) is 0. The van der Waals surface area contributed by atoms with Crippen molar-refractivity contribution in [1.29, 1.82) is 5.26 Å². The van der Waals surface area contributed by atoms with Crippen molar-refractivity contribution in [2.45, 2.75) is 20.8 Å². The molecule has 2 amide bonds. The van der Waals surface area contributed by atoms with Crippen LogP contribution < -0.4 is 10.6 Å². The summed E-state index contributed by atoms with van der Waals surface area (Å²) in [5, 5.41) is 14.1. The fourth-order valence-electron chi connectivity index (χ4n) is 2.12. The molecule has 0 aliphatic carbocycles. The lowest BCUT2D eigenvalue weighted by atomic mass is 9.90. The number of carbonyl (C=O) groups is 3. The van der Waals surface area contributed by atoms with Gasteiger partial charge >= 0.3 is 0 Å². The first-order valence-electron chi connectivity index (χ1n) is 7.98. The van der Waals surface area contributed by atoms with Crippen LogP contribution >= 0.6 is 0 Å². The van der Waals surface area contributed by atoms with Gasteiger partial charge in [-0.25, -0.2) is 0 Å². The number of rotatable bonds is 5. The van der Waals surface area contributed by atoms with Gasteiger partial charge in [0.1, 0.15) is 5.41 Å². The maximum absolute atomic E-state index is 12.5. The Bertz CT molecular complexity index is 893. The Labute approximate surface area is 151 Å². The summed E-state index contributed by atoms with van der Waals surface area (Å²) in [6.45, 7) is 4.46. The van der Waals surface area contributed by atoms with Gasteiger partial charge in [-0.15, -0.1) is 0 Å². The molecule has 2 N–H and O–H groups in total. The Kier molecular flexibility index (Phi) is 5.53.